The number of anilines is 1. The van der Waals surface area contributed by atoms with E-state index in [1.165, 1.54) is 17.4 Å². The van der Waals surface area contributed by atoms with Gasteiger partial charge in [-0.15, -0.1) is 0 Å². The third-order valence-corrected chi connectivity index (χ3v) is 6.29. The number of alkyl halides is 3. The normalized spacial score (nSPS) is 19.4. The van der Waals surface area contributed by atoms with Gasteiger partial charge in [0.05, 0.1) is 43.3 Å². The number of nitrogens with zero attached hydrogens (tertiary/aromatic N) is 7. The minimum atomic E-state index is -4.60. The maximum Gasteiger partial charge on any atom is 0.421 e. The molecule has 3 aliphatic heterocycles. The standard InChI is InChI=1S/C23H24F3N7O3/c1-35-21-18(23(24,25)26)9-15(10-28-21)31-8-4-19-17(12-31)20(30-13-29-19)36-16-3-7-32(11-16)22(34)33-6-2-5-27-14-33/h2,5-6,9-10,13,16H,3-4,7-8,11-12,14H2,1H3/t16-/m0/s1. The number of methoxy groups -OCH3 is 1. The van der Waals surface area contributed by atoms with Crippen molar-refractivity contribution in [2.24, 2.45) is 4.99 Å². The molecule has 0 aliphatic carbocycles. The van der Waals surface area contributed by atoms with Crippen LogP contribution in [0.5, 0.6) is 11.8 Å². The first-order valence-electron chi connectivity index (χ1n) is 11.4. The fraction of sp³-hybridized carbons (Fsp3) is 0.435. The van der Waals surface area contributed by atoms with E-state index in [9.17, 15) is 18.0 Å². The number of allylic oxidation sites excluding steroid dienone is 1. The molecule has 5 heterocycles. The van der Waals surface area contributed by atoms with Crippen LogP contribution in [-0.2, 0) is 19.1 Å². The second-order valence-electron chi connectivity index (χ2n) is 8.57. The van der Waals surface area contributed by atoms with Gasteiger partial charge in [0.2, 0.25) is 11.8 Å². The van der Waals surface area contributed by atoms with Crippen LogP contribution in [0.1, 0.15) is 23.2 Å². The molecule has 5 rings (SSSR count). The molecule has 0 saturated carbocycles. The first-order valence-corrected chi connectivity index (χ1v) is 11.4. The summed E-state index contributed by atoms with van der Waals surface area (Å²) in [5.41, 5.74) is 0.889. The lowest BCUT2D eigenvalue weighted by Crippen LogP contribution is -2.40. The average molecular weight is 503 g/mol. The number of ether oxygens (including phenoxy) is 2. The summed E-state index contributed by atoms with van der Waals surface area (Å²) in [6.45, 7) is 1.94. The van der Waals surface area contributed by atoms with Gasteiger partial charge in [-0.3, -0.25) is 9.89 Å². The minimum absolute atomic E-state index is 0.141. The van der Waals surface area contributed by atoms with Crippen LogP contribution in [0.4, 0.5) is 23.7 Å². The van der Waals surface area contributed by atoms with E-state index >= 15 is 0 Å². The molecular weight excluding hydrogens is 479 g/mol. The number of urea groups is 1. The summed E-state index contributed by atoms with van der Waals surface area (Å²) in [4.78, 5) is 34.3. The van der Waals surface area contributed by atoms with Crippen LogP contribution in [0, 0.1) is 0 Å². The molecule has 0 aromatic carbocycles. The Hall–Kier alpha value is -3.90. The molecule has 2 amide bonds. The lowest BCUT2D eigenvalue weighted by atomic mass is 10.1. The predicted octanol–water partition coefficient (Wildman–Crippen LogP) is 2.89. The van der Waals surface area contributed by atoms with Gasteiger partial charge < -0.3 is 19.3 Å². The van der Waals surface area contributed by atoms with Gasteiger partial charge in [-0.05, 0) is 12.1 Å². The zero-order valence-electron chi connectivity index (χ0n) is 19.5. The number of likely N-dealkylation sites (tertiary alicyclic amines) is 1. The number of fused-ring (bicyclic) bond motifs is 1. The van der Waals surface area contributed by atoms with Gasteiger partial charge >= 0.3 is 12.2 Å². The quantitative estimate of drug-likeness (QED) is 0.633. The van der Waals surface area contributed by atoms with Crippen molar-refractivity contribution < 1.29 is 27.4 Å². The molecule has 0 radical (unpaired) electrons. The average Bonchev–Trinajstić information content (AvgIpc) is 3.36. The van der Waals surface area contributed by atoms with Gasteiger partial charge in [-0.1, -0.05) is 0 Å². The smallest absolute Gasteiger partial charge is 0.421 e. The predicted molar refractivity (Wildman–Crippen MR) is 123 cm³/mol. The zero-order chi connectivity index (χ0) is 25.3. The summed E-state index contributed by atoms with van der Waals surface area (Å²) in [5, 5.41) is 0. The Morgan fingerprint density at radius 3 is 2.78 bits per heavy atom. The summed E-state index contributed by atoms with van der Waals surface area (Å²) < 4.78 is 51.5. The number of hydrogen-bond donors (Lipinski definition) is 0. The van der Waals surface area contributed by atoms with Crippen molar-refractivity contribution in [3.05, 3.63) is 47.7 Å². The van der Waals surface area contributed by atoms with Crippen LogP contribution in [0.15, 0.2) is 35.9 Å². The highest BCUT2D eigenvalue weighted by molar-refractivity contribution is 5.79. The minimum Gasteiger partial charge on any atom is -0.481 e. The number of amides is 2. The fourth-order valence-electron chi connectivity index (χ4n) is 4.46. The van der Waals surface area contributed by atoms with Gasteiger partial charge in [0, 0.05) is 38.3 Å². The highest BCUT2D eigenvalue weighted by atomic mass is 19.4. The molecule has 1 saturated heterocycles. The van der Waals surface area contributed by atoms with Gasteiger partial charge in [0.25, 0.3) is 0 Å². The van der Waals surface area contributed by atoms with Crippen molar-refractivity contribution in [2.45, 2.75) is 31.7 Å². The highest BCUT2D eigenvalue weighted by Gasteiger charge is 2.37. The summed E-state index contributed by atoms with van der Waals surface area (Å²) >= 11 is 0. The molecule has 0 N–H and O–H groups in total. The molecule has 190 valence electrons. The van der Waals surface area contributed by atoms with Crippen LogP contribution in [0.2, 0.25) is 0 Å². The second-order valence-corrected chi connectivity index (χ2v) is 8.57. The van der Waals surface area contributed by atoms with Gasteiger partial charge in [0.15, 0.2) is 0 Å². The van der Waals surface area contributed by atoms with Gasteiger partial charge in [-0.2, -0.15) is 13.2 Å². The Kier molecular flexibility index (Phi) is 6.37. The van der Waals surface area contributed by atoms with Crippen molar-refractivity contribution in [1.82, 2.24) is 24.8 Å². The molecule has 1 atom stereocenters. The molecule has 2 aromatic heterocycles. The molecule has 0 bridgehead atoms. The number of carbonyl (C=O) groups is 1. The number of rotatable bonds is 4. The van der Waals surface area contributed by atoms with Crippen LogP contribution >= 0.6 is 0 Å². The van der Waals surface area contributed by atoms with E-state index in [1.54, 1.807) is 28.3 Å². The third kappa shape index (κ3) is 4.77. The Labute approximate surface area is 205 Å². The summed E-state index contributed by atoms with van der Waals surface area (Å²) in [5.74, 6) is -0.0906. The van der Waals surface area contributed by atoms with E-state index in [1.807, 2.05) is 0 Å². The molecule has 10 nitrogen and oxygen atoms in total. The molecule has 13 heteroatoms. The maximum absolute atomic E-state index is 13.5. The number of carbonyl (C=O) groups excluding carboxylic acids is 1. The Morgan fingerprint density at radius 2 is 2.03 bits per heavy atom. The summed E-state index contributed by atoms with van der Waals surface area (Å²) in [7, 11) is 1.16. The Morgan fingerprint density at radius 1 is 1.17 bits per heavy atom. The number of aliphatic imine (C=N–C) groups is 1. The molecular formula is C23H24F3N7O3. The van der Waals surface area contributed by atoms with E-state index in [0.717, 1.165) is 18.9 Å². The largest absolute Gasteiger partial charge is 0.481 e. The zero-order valence-corrected chi connectivity index (χ0v) is 19.5. The van der Waals surface area contributed by atoms with E-state index in [0.29, 0.717) is 49.6 Å². The highest BCUT2D eigenvalue weighted by Crippen LogP contribution is 2.38. The fourth-order valence-corrected chi connectivity index (χ4v) is 4.46. The maximum atomic E-state index is 13.5. The van der Waals surface area contributed by atoms with Crippen molar-refractivity contribution in [3.8, 4) is 11.8 Å². The number of aromatic nitrogens is 3. The first kappa shape index (κ1) is 23.8. The lowest BCUT2D eigenvalue weighted by Gasteiger charge is -2.31. The van der Waals surface area contributed by atoms with E-state index in [-0.39, 0.29) is 25.3 Å². The molecule has 1 fully saturated rings. The van der Waals surface area contributed by atoms with Crippen molar-refractivity contribution in [1.29, 1.82) is 0 Å². The topological polar surface area (TPSA) is 96.3 Å². The van der Waals surface area contributed by atoms with Gasteiger partial charge in [0.1, 0.15) is 24.7 Å². The molecule has 2 aromatic rings. The molecule has 3 aliphatic rings. The van der Waals surface area contributed by atoms with Crippen LogP contribution in [0.3, 0.4) is 0 Å². The van der Waals surface area contributed by atoms with Crippen molar-refractivity contribution in [2.75, 3.05) is 38.3 Å². The summed E-state index contributed by atoms with van der Waals surface area (Å²) in [6.07, 6.45) is 4.12. The first-order chi connectivity index (χ1) is 17.3. The van der Waals surface area contributed by atoms with Crippen molar-refractivity contribution in [3.63, 3.8) is 0 Å². The summed E-state index contributed by atoms with van der Waals surface area (Å²) in [6, 6.07) is 0.901. The third-order valence-electron chi connectivity index (χ3n) is 6.29. The second kappa shape index (κ2) is 9.63. The van der Waals surface area contributed by atoms with Crippen LogP contribution in [-0.4, -0.2) is 76.5 Å². The molecule has 0 unspecified atom stereocenters. The van der Waals surface area contributed by atoms with E-state index in [4.69, 9.17) is 9.47 Å². The lowest BCUT2D eigenvalue weighted by molar-refractivity contribution is -0.139. The van der Waals surface area contributed by atoms with Gasteiger partial charge in [-0.25, -0.2) is 19.7 Å². The number of halogens is 3. The van der Waals surface area contributed by atoms with Crippen molar-refractivity contribution >= 4 is 17.9 Å². The molecule has 0 spiro atoms. The molecule has 36 heavy (non-hydrogen) atoms. The number of hydrogen-bond acceptors (Lipinski definition) is 8. The number of pyridine rings is 1. The monoisotopic (exact) mass is 503 g/mol. The van der Waals surface area contributed by atoms with E-state index in [2.05, 4.69) is 19.9 Å². The Balaban J connectivity index is 1.30. The SMILES string of the molecule is COc1ncc(N2CCc3ncnc(O[C@H]4CCN(C(=O)N5C=CC=NC5)C4)c3C2)cc1C(F)(F)F. The van der Waals surface area contributed by atoms with Crippen LogP contribution < -0.4 is 14.4 Å². The van der Waals surface area contributed by atoms with E-state index < -0.39 is 17.6 Å². The Bertz CT molecular complexity index is 1200. The van der Waals surface area contributed by atoms with Crippen LogP contribution in [0.25, 0.3) is 0 Å².